The summed E-state index contributed by atoms with van der Waals surface area (Å²) >= 11 is 6.39. The zero-order valence-electron chi connectivity index (χ0n) is 13.7. The number of rotatable bonds is 2. The largest absolute Gasteiger partial charge is 0.308 e. The first-order chi connectivity index (χ1) is 10.8. The zero-order valence-corrected chi connectivity index (χ0v) is 14.4. The van der Waals surface area contributed by atoms with E-state index in [1.165, 1.54) is 0 Å². The Hall–Kier alpha value is -2.11. The van der Waals surface area contributed by atoms with Crippen molar-refractivity contribution in [2.24, 2.45) is 5.84 Å². The highest BCUT2D eigenvalue weighted by Gasteiger charge is 2.22. The summed E-state index contributed by atoms with van der Waals surface area (Å²) in [6.07, 6.45) is 0. The van der Waals surface area contributed by atoms with Gasteiger partial charge in [0.05, 0.1) is 17.0 Å². The van der Waals surface area contributed by atoms with Gasteiger partial charge in [-0.15, -0.1) is 0 Å². The first kappa shape index (κ1) is 15.8. The SMILES string of the molecule is Cc1nn2c(NN)cc(C(C)(C)C)nc2c1-c1ccccc1Cl. The number of fused-ring (bicyclic) bond motifs is 1. The highest BCUT2D eigenvalue weighted by atomic mass is 35.5. The number of hydrogen-bond acceptors (Lipinski definition) is 4. The van der Waals surface area contributed by atoms with Crippen molar-refractivity contribution in [3.05, 3.63) is 46.7 Å². The van der Waals surface area contributed by atoms with Gasteiger partial charge in [-0.1, -0.05) is 50.6 Å². The summed E-state index contributed by atoms with van der Waals surface area (Å²) < 4.78 is 1.73. The van der Waals surface area contributed by atoms with E-state index in [9.17, 15) is 0 Å². The molecule has 0 spiro atoms. The fraction of sp³-hybridized carbons (Fsp3) is 0.294. The van der Waals surface area contributed by atoms with E-state index in [0.29, 0.717) is 10.8 Å². The number of aryl methyl sites for hydroxylation is 1. The Labute approximate surface area is 140 Å². The number of hydrazine groups is 1. The molecular formula is C17H20ClN5. The molecule has 3 aromatic rings. The van der Waals surface area contributed by atoms with Crippen LogP contribution in [0.25, 0.3) is 16.8 Å². The topological polar surface area (TPSA) is 68.2 Å². The average molecular weight is 330 g/mol. The van der Waals surface area contributed by atoms with Crippen molar-refractivity contribution in [3.63, 3.8) is 0 Å². The van der Waals surface area contributed by atoms with Crippen LogP contribution in [0.3, 0.4) is 0 Å². The molecule has 3 rings (SSSR count). The van der Waals surface area contributed by atoms with Crippen LogP contribution in [0.4, 0.5) is 5.82 Å². The van der Waals surface area contributed by atoms with Crippen molar-refractivity contribution in [2.75, 3.05) is 5.43 Å². The second-order valence-electron chi connectivity index (χ2n) is 6.60. The molecule has 120 valence electrons. The molecule has 0 radical (unpaired) electrons. The zero-order chi connectivity index (χ0) is 16.8. The summed E-state index contributed by atoms with van der Waals surface area (Å²) in [4.78, 5) is 4.84. The molecule has 2 heterocycles. The molecule has 0 unspecified atom stereocenters. The van der Waals surface area contributed by atoms with Gasteiger partial charge < -0.3 is 5.43 Å². The molecule has 0 amide bonds. The molecule has 0 fully saturated rings. The Morgan fingerprint density at radius 1 is 1.22 bits per heavy atom. The first-order valence-electron chi connectivity index (χ1n) is 7.45. The molecule has 0 aliphatic heterocycles. The van der Waals surface area contributed by atoms with Crippen molar-refractivity contribution >= 4 is 23.1 Å². The van der Waals surface area contributed by atoms with Crippen LogP contribution in [-0.2, 0) is 5.41 Å². The molecule has 0 bridgehead atoms. The molecule has 23 heavy (non-hydrogen) atoms. The van der Waals surface area contributed by atoms with E-state index < -0.39 is 0 Å². The number of aromatic nitrogens is 3. The van der Waals surface area contributed by atoms with E-state index in [2.05, 4.69) is 31.3 Å². The summed E-state index contributed by atoms with van der Waals surface area (Å²) in [6, 6.07) is 9.65. The van der Waals surface area contributed by atoms with E-state index in [0.717, 1.165) is 28.2 Å². The summed E-state index contributed by atoms with van der Waals surface area (Å²) in [7, 11) is 0. The van der Waals surface area contributed by atoms with Crippen LogP contribution in [0.5, 0.6) is 0 Å². The summed E-state index contributed by atoms with van der Waals surface area (Å²) in [5, 5.41) is 5.25. The van der Waals surface area contributed by atoms with E-state index in [1.807, 2.05) is 37.3 Å². The summed E-state index contributed by atoms with van der Waals surface area (Å²) in [5.41, 5.74) is 6.99. The third-order valence-electron chi connectivity index (χ3n) is 3.82. The van der Waals surface area contributed by atoms with Gasteiger partial charge in [-0.3, -0.25) is 0 Å². The van der Waals surface area contributed by atoms with Gasteiger partial charge in [-0.2, -0.15) is 9.61 Å². The molecule has 0 aliphatic rings. The van der Waals surface area contributed by atoms with E-state index in [1.54, 1.807) is 4.52 Å². The Morgan fingerprint density at radius 2 is 1.91 bits per heavy atom. The molecule has 0 atom stereocenters. The van der Waals surface area contributed by atoms with Gasteiger partial charge in [0.2, 0.25) is 0 Å². The van der Waals surface area contributed by atoms with Crippen LogP contribution in [0.2, 0.25) is 5.02 Å². The molecule has 2 aromatic heterocycles. The Balaban J connectivity index is 2.39. The Kier molecular flexibility index (Phi) is 3.78. The summed E-state index contributed by atoms with van der Waals surface area (Å²) in [6.45, 7) is 8.30. The fourth-order valence-electron chi connectivity index (χ4n) is 2.59. The van der Waals surface area contributed by atoms with Crippen molar-refractivity contribution < 1.29 is 0 Å². The number of nitrogens with zero attached hydrogens (tertiary/aromatic N) is 3. The molecule has 0 aliphatic carbocycles. The second kappa shape index (κ2) is 5.51. The van der Waals surface area contributed by atoms with Crippen molar-refractivity contribution in [1.82, 2.24) is 14.6 Å². The quantitative estimate of drug-likeness (QED) is 0.552. The van der Waals surface area contributed by atoms with Crippen LogP contribution in [0, 0.1) is 6.92 Å². The van der Waals surface area contributed by atoms with Crippen LogP contribution < -0.4 is 11.3 Å². The maximum atomic E-state index is 6.39. The van der Waals surface area contributed by atoms with Gasteiger partial charge in [-0.25, -0.2) is 10.8 Å². The van der Waals surface area contributed by atoms with Crippen LogP contribution in [0.1, 0.15) is 32.2 Å². The molecule has 6 heteroatoms. The second-order valence-corrected chi connectivity index (χ2v) is 7.00. The van der Waals surface area contributed by atoms with Crippen LogP contribution in [-0.4, -0.2) is 14.6 Å². The predicted molar refractivity (Wildman–Crippen MR) is 94.7 cm³/mol. The van der Waals surface area contributed by atoms with Gasteiger partial charge >= 0.3 is 0 Å². The summed E-state index contributed by atoms with van der Waals surface area (Å²) in [5.74, 6) is 6.39. The minimum absolute atomic E-state index is 0.108. The van der Waals surface area contributed by atoms with E-state index in [4.69, 9.17) is 22.4 Å². The number of anilines is 1. The lowest BCUT2D eigenvalue weighted by Crippen LogP contribution is -2.18. The van der Waals surface area contributed by atoms with Gasteiger partial charge in [0.1, 0.15) is 5.82 Å². The standard InChI is InChI=1S/C17H20ClN5/c1-10-15(11-7-5-6-8-12(11)18)16-20-13(17(2,3)4)9-14(21-19)23(16)22-10/h5-9,21H,19H2,1-4H3. The fourth-order valence-corrected chi connectivity index (χ4v) is 2.82. The van der Waals surface area contributed by atoms with E-state index in [-0.39, 0.29) is 5.41 Å². The number of hydrogen-bond donors (Lipinski definition) is 2. The third-order valence-corrected chi connectivity index (χ3v) is 4.15. The molecule has 0 saturated carbocycles. The average Bonchev–Trinajstić information content (AvgIpc) is 2.82. The third kappa shape index (κ3) is 2.66. The van der Waals surface area contributed by atoms with Crippen LogP contribution >= 0.6 is 11.6 Å². The lowest BCUT2D eigenvalue weighted by atomic mass is 9.92. The van der Waals surface area contributed by atoms with Gasteiger partial charge in [-0.05, 0) is 13.0 Å². The molecule has 0 saturated heterocycles. The molecule has 1 aromatic carbocycles. The number of halogens is 1. The maximum Gasteiger partial charge on any atom is 0.165 e. The molecule has 5 nitrogen and oxygen atoms in total. The number of benzene rings is 1. The number of nitrogens with one attached hydrogen (secondary N) is 1. The Morgan fingerprint density at radius 3 is 2.52 bits per heavy atom. The van der Waals surface area contributed by atoms with Gasteiger partial charge in [0, 0.05) is 22.1 Å². The lowest BCUT2D eigenvalue weighted by Gasteiger charge is -2.19. The monoisotopic (exact) mass is 329 g/mol. The minimum Gasteiger partial charge on any atom is -0.308 e. The lowest BCUT2D eigenvalue weighted by molar-refractivity contribution is 0.568. The van der Waals surface area contributed by atoms with Crippen molar-refractivity contribution in [2.45, 2.75) is 33.1 Å². The highest BCUT2D eigenvalue weighted by molar-refractivity contribution is 6.33. The minimum atomic E-state index is -0.108. The smallest absolute Gasteiger partial charge is 0.165 e. The van der Waals surface area contributed by atoms with Crippen molar-refractivity contribution in [1.29, 1.82) is 0 Å². The van der Waals surface area contributed by atoms with Gasteiger partial charge in [0.15, 0.2) is 5.65 Å². The van der Waals surface area contributed by atoms with Gasteiger partial charge in [0.25, 0.3) is 0 Å². The Bertz CT molecular complexity index is 877. The molecular weight excluding hydrogens is 310 g/mol. The van der Waals surface area contributed by atoms with E-state index >= 15 is 0 Å². The van der Waals surface area contributed by atoms with Crippen molar-refractivity contribution in [3.8, 4) is 11.1 Å². The number of nitrogen functional groups attached to an aromatic ring is 1. The number of nitrogens with two attached hydrogens (primary N) is 1. The maximum absolute atomic E-state index is 6.39. The normalized spacial score (nSPS) is 11.9. The van der Waals surface area contributed by atoms with Crippen LogP contribution in [0.15, 0.2) is 30.3 Å². The highest BCUT2D eigenvalue weighted by Crippen LogP contribution is 2.35. The first-order valence-corrected chi connectivity index (χ1v) is 7.83. The molecule has 3 N–H and O–H groups in total. The predicted octanol–water partition coefficient (Wildman–Crippen LogP) is 3.94.